The standard InChI is InChI=1S/C19H21NO/c1-3-20(4-2)19(21)15-18(16-11-7-5-8-12-16)17-13-9-6-10-14-17/h5-15H,3-4H2,1-2H3. The van der Waals surface area contributed by atoms with Gasteiger partial charge in [-0.1, -0.05) is 60.7 Å². The highest BCUT2D eigenvalue weighted by atomic mass is 16.2. The van der Waals surface area contributed by atoms with Gasteiger partial charge in [-0.05, 0) is 30.5 Å². The molecule has 2 nitrogen and oxygen atoms in total. The van der Waals surface area contributed by atoms with Crippen LogP contribution in [-0.4, -0.2) is 23.9 Å². The number of rotatable bonds is 5. The first-order chi connectivity index (χ1) is 10.3. The third-order valence-electron chi connectivity index (χ3n) is 3.51. The second kappa shape index (κ2) is 7.44. The molecule has 2 aromatic carbocycles. The van der Waals surface area contributed by atoms with Gasteiger partial charge >= 0.3 is 0 Å². The Morgan fingerprint density at radius 2 is 1.29 bits per heavy atom. The van der Waals surface area contributed by atoms with E-state index in [2.05, 4.69) is 0 Å². The molecule has 0 spiro atoms. The van der Waals surface area contributed by atoms with Crippen LogP contribution in [0.15, 0.2) is 66.7 Å². The highest BCUT2D eigenvalue weighted by molar-refractivity contribution is 5.99. The van der Waals surface area contributed by atoms with Gasteiger partial charge in [-0.2, -0.15) is 0 Å². The maximum absolute atomic E-state index is 12.4. The Labute approximate surface area is 126 Å². The van der Waals surface area contributed by atoms with Gasteiger partial charge in [-0.25, -0.2) is 0 Å². The van der Waals surface area contributed by atoms with Crippen molar-refractivity contribution in [2.24, 2.45) is 0 Å². The van der Waals surface area contributed by atoms with E-state index in [0.717, 1.165) is 29.8 Å². The molecule has 0 unspecified atom stereocenters. The average molecular weight is 279 g/mol. The lowest BCUT2D eigenvalue weighted by atomic mass is 9.97. The van der Waals surface area contributed by atoms with Crippen LogP contribution in [0.2, 0.25) is 0 Å². The lowest BCUT2D eigenvalue weighted by Gasteiger charge is -2.17. The minimum Gasteiger partial charge on any atom is -0.340 e. The van der Waals surface area contributed by atoms with Crippen LogP contribution >= 0.6 is 0 Å². The van der Waals surface area contributed by atoms with Crippen molar-refractivity contribution in [2.75, 3.05) is 13.1 Å². The van der Waals surface area contributed by atoms with Gasteiger partial charge in [0, 0.05) is 19.2 Å². The van der Waals surface area contributed by atoms with Crippen LogP contribution in [0, 0.1) is 0 Å². The van der Waals surface area contributed by atoms with E-state index in [0.29, 0.717) is 0 Å². The number of hydrogen-bond donors (Lipinski definition) is 0. The van der Waals surface area contributed by atoms with Crippen LogP contribution < -0.4 is 0 Å². The van der Waals surface area contributed by atoms with Gasteiger partial charge in [0.1, 0.15) is 0 Å². The number of likely N-dealkylation sites (N-methyl/N-ethyl adjacent to an activating group) is 1. The molecular weight excluding hydrogens is 258 g/mol. The van der Waals surface area contributed by atoms with Crippen LogP contribution in [0.25, 0.3) is 5.57 Å². The quantitative estimate of drug-likeness (QED) is 0.758. The van der Waals surface area contributed by atoms with Crippen molar-refractivity contribution < 1.29 is 4.79 Å². The summed E-state index contributed by atoms with van der Waals surface area (Å²) in [7, 11) is 0. The van der Waals surface area contributed by atoms with Gasteiger partial charge in [-0.15, -0.1) is 0 Å². The van der Waals surface area contributed by atoms with Gasteiger partial charge in [0.25, 0.3) is 0 Å². The Balaban J connectivity index is 2.45. The summed E-state index contributed by atoms with van der Waals surface area (Å²) in [5.74, 6) is 0.0581. The summed E-state index contributed by atoms with van der Waals surface area (Å²) in [5.41, 5.74) is 3.08. The summed E-state index contributed by atoms with van der Waals surface area (Å²) < 4.78 is 0. The molecule has 0 aliphatic heterocycles. The minimum absolute atomic E-state index is 0.0581. The average Bonchev–Trinajstić information content (AvgIpc) is 2.55. The largest absolute Gasteiger partial charge is 0.340 e. The molecule has 0 atom stereocenters. The fourth-order valence-corrected chi connectivity index (χ4v) is 2.32. The molecule has 1 amide bonds. The van der Waals surface area contributed by atoms with E-state index in [9.17, 15) is 4.79 Å². The Morgan fingerprint density at radius 3 is 1.67 bits per heavy atom. The number of nitrogens with zero attached hydrogens (tertiary/aromatic N) is 1. The van der Waals surface area contributed by atoms with E-state index >= 15 is 0 Å². The first-order valence-electron chi connectivity index (χ1n) is 7.37. The van der Waals surface area contributed by atoms with E-state index in [1.165, 1.54) is 0 Å². The third kappa shape index (κ3) is 3.82. The smallest absolute Gasteiger partial charge is 0.247 e. The number of hydrogen-bond acceptors (Lipinski definition) is 1. The summed E-state index contributed by atoms with van der Waals surface area (Å²) in [5, 5.41) is 0. The van der Waals surface area contributed by atoms with E-state index in [1.807, 2.05) is 79.4 Å². The molecule has 0 aliphatic rings. The van der Waals surface area contributed by atoms with Gasteiger partial charge in [-0.3, -0.25) is 4.79 Å². The molecule has 0 N–H and O–H groups in total. The fraction of sp³-hybridized carbons (Fsp3) is 0.211. The highest BCUT2D eigenvalue weighted by Crippen LogP contribution is 2.23. The Bertz CT molecular complexity index is 556. The topological polar surface area (TPSA) is 20.3 Å². The highest BCUT2D eigenvalue weighted by Gasteiger charge is 2.11. The van der Waals surface area contributed by atoms with E-state index in [-0.39, 0.29) is 5.91 Å². The number of amides is 1. The van der Waals surface area contributed by atoms with Gasteiger partial charge in [0.05, 0.1) is 0 Å². The molecule has 0 saturated heterocycles. The minimum atomic E-state index is 0.0581. The molecule has 0 aliphatic carbocycles. The summed E-state index contributed by atoms with van der Waals surface area (Å²) in [6.07, 6.45) is 1.75. The van der Waals surface area contributed by atoms with Crippen molar-refractivity contribution in [1.82, 2.24) is 4.90 Å². The van der Waals surface area contributed by atoms with Crippen molar-refractivity contribution in [3.63, 3.8) is 0 Å². The summed E-state index contributed by atoms with van der Waals surface area (Å²) >= 11 is 0. The fourth-order valence-electron chi connectivity index (χ4n) is 2.32. The molecule has 0 aromatic heterocycles. The van der Waals surface area contributed by atoms with Crippen molar-refractivity contribution in [3.05, 3.63) is 77.9 Å². The Hall–Kier alpha value is -2.35. The first kappa shape index (κ1) is 15.0. The van der Waals surface area contributed by atoms with Crippen LogP contribution in [0.3, 0.4) is 0 Å². The molecule has 108 valence electrons. The molecule has 0 radical (unpaired) electrons. The Kier molecular flexibility index (Phi) is 5.33. The second-order valence-electron chi connectivity index (χ2n) is 4.80. The van der Waals surface area contributed by atoms with Gasteiger partial charge in [0.2, 0.25) is 5.91 Å². The molecule has 0 heterocycles. The van der Waals surface area contributed by atoms with Crippen LogP contribution in [-0.2, 0) is 4.79 Å². The normalized spacial score (nSPS) is 10.0. The Morgan fingerprint density at radius 1 is 0.857 bits per heavy atom. The lowest BCUT2D eigenvalue weighted by Crippen LogP contribution is -2.29. The molecular formula is C19H21NO. The van der Waals surface area contributed by atoms with Gasteiger partial charge in [0.15, 0.2) is 0 Å². The molecule has 0 fully saturated rings. The molecule has 0 bridgehead atoms. The van der Waals surface area contributed by atoms with Crippen LogP contribution in [0.5, 0.6) is 0 Å². The predicted molar refractivity (Wildman–Crippen MR) is 87.9 cm³/mol. The van der Waals surface area contributed by atoms with Crippen LogP contribution in [0.1, 0.15) is 25.0 Å². The summed E-state index contributed by atoms with van der Waals surface area (Å²) in [6.45, 7) is 5.45. The zero-order valence-corrected chi connectivity index (χ0v) is 12.6. The summed E-state index contributed by atoms with van der Waals surface area (Å²) in [4.78, 5) is 14.2. The number of benzene rings is 2. The number of carbonyl (C=O) groups excluding carboxylic acids is 1. The third-order valence-corrected chi connectivity index (χ3v) is 3.51. The zero-order valence-electron chi connectivity index (χ0n) is 12.6. The monoisotopic (exact) mass is 279 g/mol. The zero-order chi connectivity index (χ0) is 15.1. The van der Waals surface area contributed by atoms with E-state index in [4.69, 9.17) is 0 Å². The summed E-state index contributed by atoms with van der Waals surface area (Å²) in [6, 6.07) is 20.1. The number of carbonyl (C=O) groups is 1. The van der Waals surface area contributed by atoms with Gasteiger partial charge < -0.3 is 4.90 Å². The second-order valence-corrected chi connectivity index (χ2v) is 4.80. The van der Waals surface area contributed by atoms with E-state index in [1.54, 1.807) is 6.08 Å². The van der Waals surface area contributed by atoms with Crippen molar-refractivity contribution in [3.8, 4) is 0 Å². The first-order valence-corrected chi connectivity index (χ1v) is 7.37. The maximum Gasteiger partial charge on any atom is 0.247 e. The predicted octanol–water partition coefficient (Wildman–Crippen LogP) is 3.99. The molecule has 21 heavy (non-hydrogen) atoms. The maximum atomic E-state index is 12.4. The lowest BCUT2D eigenvalue weighted by molar-refractivity contribution is -0.125. The van der Waals surface area contributed by atoms with Crippen LogP contribution in [0.4, 0.5) is 0 Å². The molecule has 0 saturated carbocycles. The van der Waals surface area contributed by atoms with Crippen molar-refractivity contribution in [1.29, 1.82) is 0 Å². The van der Waals surface area contributed by atoms with Crippen molar-refractivity contribution >= 4 is 11.5 Å². The molecule has 2 aromatic rings. The van der Waals surface area contributed by atoms with Crippen molar-refractivity contribution in [2.45, 2.75) is 13.8 Å². The molecule has 2 rings (SSSR count). The molecule has 2 heteroatoms. The van der Waals surface area contributed by atoms with E-state index < -0.39 is 0 Å². The SMILES string of the molecule is CCN(CC)C(=O)C=C(c1ccccc1)c1ccccc1.